The van der Waals surface area contributed by atoms with Crippen molar-refractivity contribution >= 4 is 23.5 Å². The molecule has 3 rings (SSSR count). The Morgan fingerprint density at radius 2 is 1.78 bits per heavy atom. The number of carbonyl (C=O) groups is 2. The van der Waals surface area contributed by atoms with Gasteiger partial charge in [0.05, 0.1) is 0 Å². The first-order valence-corrected chi connectivity index (χ1v) is 9.26. The summed E-state index contributed by atoms with van der Waals surface area (Å²) in [6.45, 7) is 7.69. The van der Waals surface area contributed by atoms with Gasteiger partial charge in [0.15, 0.2) is 5.78 Å². The number of aryl methyl sites for hydroxylation is 1. The maximum Gasteiger partial charge on any atom is 0.255 e. The highest BCUT2D eigenvalue weighted by Crippen LogP contribution is 2.36. The number of ether oxygens (including phenoxy) is 1. The van der Waals surface area contributed by atoms with Crippen LogP contribution in [0.1, 0.15) is 65.5 Å². The number of hydrogen-bond acceptors (Lipinski definition) is 3. The summed E-state index contributed by atoms with van der Waals surface area (Å²) in [4.78, 5) is 23.9. The zero-order chi connectivity index (χ0) is 19.6. The molecule has 1 atom stereocenters. The highest BCUT2D eigenvalue weighted by Gasteiger charge is 2.27. The van der Waals surface area contributed by atoms with Gasteiger partial charge in [-0.05, 0) is 63.1 Å². The van der Waals surface area contributed by atoms with Gasteiger partial charge in [-0.2, -0.15) is 0 Å². The average Bonchev–Trinajstić information content (AvgIpc) is 2.62. The van der Waals surface area contributed by atoms with Gasteiger partial charge in [0.2, 0.25) is 0 Å². The topological polar surface area (TPSA) is 55.4 Å². The summed E-state index contributed by atoms with van der Waals surface area (Å²) in [6.07, 6.45) is 6.15. The molecule has 1 N–H and O–H groups in total. The maximum atomic E-state index is 12.6. The third-order valence-electron chi connectivity index (χ3n) is 4.86. The lowest BCUT2D eigenvalue weighted by molar-refractivity contribution is 0.100. The molecule has 4 heteroatoms. The summed E-state index contributed by atoms with van der Waals surface area (Å²) < 4.78 is 6.19. The lowest BCUT2D eigenvalue weighted by Crippen LogP contribution is -2.31. The molecule has 4 nitrogen and oxygen atoms in total. The Morgan fingerprint density at radius 3 is 2.41 bits per heavy atom. The Labute approximate surface area is 160 Å². The molecule has 0 spiro atoms. The van der Waals surface area contributed by atoms with E-state index in [0.717, 1.165) is 35.4 Å². The van der Waals surface area contributed by atoms with E-state index >= 15 is 0 Å². The van der Waals surface area contributed by atoms with Crippen LogP contribution < -0.4 is 10.1 Å². The Bertz CT molecular complexity index is 912. The minimum atomic E-state index is -0.280. The van der Waals surface area contributed by atoms with Crippen molar-refractivity contribution < 1.29 is 14.3 Å². The van der Waals surface area contributed by atoms with Crippen LogP contribution in [0.4, 0.5) is 5.69 Å². The van der Waals surface area contributed by atoms with Crippen molar-refractivity contribution in [2.45, 2.75) is 46.1 Å². The summed E-state index contributed by atoms with van der Waals surface area (Å²) in [7, 11) is 0. The summed E-state index contributed by atoms with van der Waals surface area (Å²) in [5, 5.41) is 2.96. The molecule has 0 aliphatic carbocycles. The number of anilines is 1. The van der Waals surface area contributed by atoms with Gasteiger partial charge in [-0.1, -0.05) is 31.6 Å². The van der Waals surface area contributed by atoms with E-state index in [2.05, 4.69) is 31.3 Å². The molecule has 0 saturated heterocycles. The fourth-order valence-electron chi connectivity index (χ4n) is 3.28. The minimum absolute atomic E-state index is 0.0191. The van der Waals surface area contributed by atoms with Gasteiger partial charge in [-0.25, -0.2) is 0 Å². The molecule has 1 unspecified atom stereocenters. The van der Waals surface area contributed by atoms with Crippen LogP contribution in [0, 0.1) is 6.92 Å². The number of nitrogens with one attached hydrogen (secondary N) is 1. The third kappa shape index (κ3) is 4.11. The number of amides is 1. The molecule has 1 aliphatic heterocycles. The predicted octanol–water partition coefficient (Wildman–Crippen LogP) is 5.41. The average molecular weight is 363 g/mol. The van der Waals surface area contributed by atoms with Crippen LogP contribution in [0.5, 0.6) is 5.75 Å². The highest BCUT2D eigenvalue weighted by atomic mass is 16.5. The van der Waals surface area contributed by atoms with Crippen molar-refractivity contribution in [2.24, 2.45) is 0 Å². The molecular formula is C23H25NO3. The quantitative estimate of drug-likeness (QED) is 0.722. The van der Waals surface area contributed by atoms with E-state index in [0.29, 0.717) is 11.1 Å². The summed E-state index contributed by atoms with van der Waals surface area (Å²) in [5.74, 6) is 0.619. The largest absolute Gasteiger partial charge is 0.483 e. The van der Waals surface area contributed by atoms with Crippen LogP contribution in [0.25, 0.3) is 6.08 Å². The monoisotopic (exact) mass is 363 g/mol. The van der Waals surface area contributed by atoms with Crippen molar-refractivity contribution in [2.75, 3.05) is 5.32 Å². The van der Waals surface area contributed by atoms with Gasteiger partial charge in [-0.3, -0.25) is 9.59 Å². The molecule has 0 aromatic heterocycles. The van der Waals surface area contributed by atoms with Crippen LogP contribution in [-0.4, -0.2) is 17.3 Å². The highest BCUT2D eigenvalue weighted by molar-refractivity contribution is 6.05. The van der Waals surface area contributed by atoms with Crippen LogP contribution >= 0.6 is 0 Å². The van der Waals surface area contributed by atoms with Gasteiger partial charge >= 0.3 is 0 Å². The fourth-order valence-corrected chi connectivity index (χ4v) is 3.28. The summed E-state index contributed by atoms with van der Waals surface area (Å²) >= 11 is 0. The molecule has 1 amide bonds. The predicted molar refractivity (Wildman–Crippen MR) is 109 cm³/mol. The second-order valence-electron chi connectivity index (χ2n) is 7.29. The van der Waals surface area contributed by atoms with E-state index in [1.54, 1.807) is 24.3 Å². The number of rotatable bonds is 5. The van der Waals surface area contributed by atoms with E-state index in [-0.39, 0.29) is 17.3 Å². The Hall–Kier alpha value is -2.88. The Balaban J connectivity index is 1.81. The molecular weight excluding hydrogens is 338 g/mol. The first kappa shape index (κ1) is 18.9. The molecule has 1 aliphatic rings. The van der Waals surface area contributed by atoms with E-state index in [1.807, 2.05) is 19.1 Å². The molecule has 0 saturated carbocycles. The Kier molecular flexibility index (Phi) is 5.17. The molecule has 0 fully saturated rings. The number of carbonyl (C=O) groups excluding carboxylic acids is 2. The summed E-state index contributed by atoms with van der Waals surface area (Å²) in [5.41, 5.74) is 3.47. The normalized spacial score (nSPS) is 17.8. The van der Waals surface area contributed by atoms with Gasteiger partial charge in [0.25, 0.3) is 5.91 Å². The maximum absolute atomic E-state index is 12.6. The SMILES string of the molecule is CCCC1(C)C=Cc2cc(NC(=O)c3ccc(C(C)=O)cc3)c(C)cc2O1. The van der Waals surface area contributed by atoms with E-state index in [9.17, 15) is 9.59 Å². The smallest absolute Gasteiger partial charge is 0.255 e. The molecule has 140 valence electrons. The van der Waals surface area contributed by atoms with E-state index < -0.39 is 0 Å². The first-order valence-electron chi connectivity index (χ1n) is 9.26. The standard InChI is InChI=1S/C23H25NO3/c1-5-11-23(4)12-10-19-14-20(15(2)13-21(19)27-23)24-22(26)18-8-6-17(7-9-18)16(3)25/h6-10,12-14H,5,11H2,1-4H3,(H,24,26). The lowest BCUT2D eigenvalue weighted by Gasteiger charge is -2.32. The van der Waals surface area contributed by atoms with E-state index in [1.165, 1.54) is 6.92 Å². The number of benzene rings is 2. The van der Waals surface area contributed by atoms with Gasteiger partial charge in [-0.15, -0.1) is 0 Å². The number of ketones is 1. The van der Waals surface area contributed by atoms with Gasteiger partial charge < -0.3 is 10.1 Å². The van der Waals surface area contributed by atoms with Crippen LogP contribution in [0.2, 0.25) is 0 Å². The molecule has 2 aromatic carbocycles. The number of fused-ring (bicyclic) bond motifs is 1. The van der Waals surface area contributed by atoms with Crippen LogP contribution in [-0.2, 0) is 0 Å². The summed E-state index contributed by atoms with van der Waals surface area (Å²) in [6, 6.07) is 10.6. The second kappa shape index (κ2) is 7.39. The minimum Gasteiger partial charge on any atom is -0.483 e. The number of hydrogen-bond donors (Lipinski definition) is 1. The van der Waals surface area contributed by atoms with E-state index in [4.69, 9.17) is 4.74 Å². The van der Waals surface area contributed by atoms with Gasteiger partial charge in [0.1, 0.15) is 11.4 Å². The van der Waals surface area contributed by atoms with Crippen molar-refractivity contribution in [3.05, 3.63) is 64.7 Å². The Morgan fingerprint density at radius 1 is 1.11 bits per heavy atom. The molecule has 0 bridgehead atoms. The van der Waals surface area contributed by atoms with Crippen molar-refractivity contribution in [1.82, 2.24) is 0 Å². The molecule has 1 heterocycles. The third-order valence-corrected chi connectivity index (χ3v) is 4.86. The second-order valence-corrected chi connectivity index (χ2v) is 7.29. The molecule has 2 aromatic rings. The zero-order valence-electron chi connectivity index (χ0n) is 16.3. The van der Waals surface area contributed by atoms with Crippen molar-refractivity contribution in [1.29, 1.82) is 0 Å². The molecule has 0 radical (unpaired) electrons. The van der Waals surface area contributed by atoms with Gasteiger partial charge in [0, 0.05) is 22.4 Å². The lowest BCUT2D eigenvalue weighted by atomic mass is 9.94. The number of Topliss-reactive ketones (excluding diaryl/α,β-unsaturated/α-hetero) is 1. The van der Waals surface area contributed by atoms with Crippen LogP contribution in [0.3, 0.4) is 0 Å². The van der Waals surface area contributed by atoms with Crippen molar-refractivity contribution in [3.8, 4) is 5.75 Å². The van der Waals surface area contributed by atoms with Crippen molar-refractivity contribution in [3.63, 3.8) is 0 Å². The fraction of sp³-hybridized carbons (Fsp3) is 0.304. The van der Waals surface area contributed by atoms with Crippen LogP contribution in [0.15, 0.2) is 42.5 Å². The zero-order valence-corrected chi connectivity index (χ0v) is 16.3. The first-order chi connectivity index (χ1) is 12.8. The molecule has 27 heavy (non-hydrogen) atoms.